The molecule has 28 heavy (non-hydrogen) atoms. The lowest BCUT2D eigenvalue weighted by atomic mass is 9.58. The van der Waals surface area contributed by atoms with E-state index in [0.29, 0.717) is 5.92 Å². The lowest BCUT2D eigenvalue weighted by Crippen LogP contribution is -2.57. The predicted molar refractivity (Wildman–Crippen MR) is 107 cm³/mol. The monoisotopic (exact) mass is 389 g/mol. The van der Waals surface area contributed by atoms with E-state index in [-0.39, 0.29) is 23.3 Å². The number of benzene rings is 1. The zero-order valence-corrected chi connectivity index (χ0v) is 16.5. The fourth-order valence-electron chi connectivity index (χ4n) is 5.92. The molecular formula is C22H32FN3O2. The number of nitrogens with two attached hydrogens (primary N) is 1. The Morgan fingerprint density at radius 1 is 1.21 bits per heavy atom. The van der Waals surface area contributed by atoms with Crippen molar-refractivity contribution >= 4 is 6.09 Å². The van der Waals surface area contributed by atoms with Gasteiger partial charge in [0.05, 0.1) is 0 Å². The molecule has 5 nitrogen and oxygen atoms in total. The molecule has 2 heterocycles. The van der Waals surface area contributed by atoms with Gasteiger partial charge in [-0.15, -0.1) is 0 Å². The van der Waals surface area contributed by atoms with E-state index in [1.165, 1.54) is 12.5 Å². The molecule has 154 valence electrons. The minimum absolute atomic E-state index is 0.172. The second kappa shape index (κ2) is 8.37. The third kappa shape index (κ3) is 3.77. The summed E-state index contributed by atoms with van der Waals surface area (Å²) in [5, 5.41) is 3.47. The van der Waals surface area contributed by atoms with Gasteiger partial charge in [0, 0.05) is 17.9 Å². The normalized spacial score (nSPS) is 28.5. The van der Waals surface area contributed by atoms with Crippen LogP contribution in [0.4, 0.5) is 9.18 Å². The van der Waals surface area contributed by atoms with Gasteiger partial charge in [-0.2, -0.15) is 0 Å². The van der Waals surface area contributed by atoms with Crippen molar-refractivity contribution < 1.29 is 13.9 Å². The highest BCUT2D eigenvalue weighted by atomic mass is 19.1. The van der Waals surface area contributed by atoms with E-state index < -0.39 is 6.09 Å². The maximum Gasteiger partial charge on any atom is 0.404 e. The van der Waals surface area contributed by atoms with Crippen LogP contribution in [0.15, 0.2) is 24.3 Å². The molecule has 1 aromatic rings. The predicted octanol–water partition coefficient (Wildman–Crippen LogP) is 3.03. The Morgan fingerprint density at radius 3 is 2.64 bits per heavy atom. The number of halogens is 1. The maximum atomic E-state index is 14.4. The van der Waals surface area contributed by atoms with Crippen molar-refractivity contribution in [2.24, 2.45) is 17.6 Å². The SMILES string of the molecule is NC(=O)O[C@H]1CCC[C@@H]1[C@](CN1CCC1)(c1cccc(F)c1)C1CCNCC1. The van der Waals surface area contributed by atoms with Gasteiger partial charge >= 0.3 is 6.09 Å². The van der Waals surface area contributed by atoms with Crippen LogP contribution in [0.2, 0.25) is 0 Å². The van der Waals surface area contributed by atoms with E-state index in [1.807, 2.05) is 6.07 Å². The van der Waals surface area contributed by atoms with Gasteiger partial charge in [0.2, 0.25) is 0 Å². The number of carbonyl (C=O) groups excluding carboxylic acids is 1. The molecule has 0 bridgehead atoms. The first-order chi connectivity index (χ1) is 13.6. The van der Waals surface area contributed by atoms with E-state index in [1.54, 1.807) is 6.07 Å². The van der Waals surface area contributed by atoms with Crippen LogP contribution in [0.5, 0.6) is 0 Å². The second-order valence-corrected chi connectivity index (χ2v) is 8.72. The van der Waals surface area contributed by atoms with Gasteiger partial charge in [-0.1, -0.05) is 12.1 Å². The summed E-state index contributed by atoms with van der Waals surface area (Å²) >= 11 is 0. The first kappa shape index (κ1) is 19.6. The number of nitrogens with zero attached hydrogens (tertiary/aromatic N) is 1. The lowest BCUT2D eigenvalue weighted by molar-refractivity contribution is -0.00404. The summed E-state index contributed by atoms with van der Waals surface area (Å²) in [4.78, 5) is 14.1. The van der Waals surface area contributed by atoms with Crippen molar-refractivity contribution in [1.82, 2.24) is 10.2 Å². The number of hydrogen-bond donors (Lipinski definition) is 2. The Labute approximate surface area is 166 Å². The van der Waals surface area contributed by atoms with E-state index in [4.69, 9.17) is 10.5 Å². The summed E-state index contributed by atoms with van der Waals surface area (Å²) in [5.41, 5.74) is 6.26. The number of primary amides is 1. The van der Waals surface area contributed by atoms with Gasteiger partial charge in [-0.3, -0.25) is 0 Å². The average Bonchev–Trinajstić information content (AvgIpc) is 3.10. The number of nitrogens with one attached hydrogen (secondary N) is 1. The number of likely N-dealkylation sites (tertiary alicyclic amines) is 1. The molecule has 1 amide bonds. The van der Waals surface area contributed by atoms with Crippen molar-refractivity contribution in [3.63, 3.8) is 0 Å². The molecule has 0 spiro atoms. The topological polar surface area (TPSA) is 67.6 Å². The van der Waals surface area contributed by atoms with E-state index >= 15 is 0 Å². The molecule has 1 aliphatic carbocycles. The molecule has 1 aromatic carbocycles. The van der Waals surface area contributed by atoms with Crippen molar-refractivity contribution in [3.05, 3.63) is 35.6 Å². The number of rotatable bonds is 6. The molecule has 1 saturated carbocycles. The second-order valence-electron chi connectivity index (χ2n) is 8.72. The largest absolute Gasteiger partial charge is 0.446 e. The van der Waals surface area contributed by atoms with Crippen LogP contribution >= 0.6 is 0 Å². The highest BCUT2D eigenvalue weighted by Gasteiger charge is 2.53. The van der Waals surface area contributed by atoms with Gasteiger partial charge in [0.1, 0.15) is 11.9 Å². The zero-order valence-electron chi connectivity index (χ0n) is 16.5. The fraction of sp³-hybridized carbons (Fsp3) is 0.682. The quantitative estimate of drug-likeness (QED) is 0.785. The molecule has 2 aliphatic heterocycles. The van der Waals surface area contributed by atoms with E-state index in [0.717, 1.165) is 70.4 Å². The molecule has 0 aromatic heterocycles. The molecule has 2 saturated heterocycles. The van der Waals surface area contributed by atoms with E-state index in [9.17, 15) is 9.18 Å². The Bertz CT molecular complexity index is 690. The minimum Gasteiger partial charge on any atom is -0.446 e. The van der Waals surface area contributed by atoms with Crippen LogP contribution in [0.1, 0.15) is 44.1 Å². The van der Waals surface area contributed by atoms with Gasteiger partial charge < -0.3 is 20.7 Å². The first-order valence-electron chi connectivity index (χ1n) is 10.7. The summed E-state index contributed by atoms with van der Waals surface area (Å²) in [7, 11) is 0. The Hall–Kier alpha value is -1.66. The maximum absolute atomic E-state index is 14.4. The first-order valence-corrected chi connectivity index (χ1v) is 10.7. The molecule has 3 N–H and O–H groups in total. The van der Waals surface area contributed by atoms with E-state index in [2.05, 4.69) is 16.3 Å². The van der Waals surface area contributed by atoms with Crippen molar-refractivity contribution in [2.75, 3.05) is 32.7 Å². The highest BCUT2D eigenvalue weighted by molar-refractivity contribution is 5.65. The molecule has 0 radical (unpaired) electrons. The molecule has 3 atom stereocenters. The van der Waals surface area contributed by atoms with Crippen molar-refractivity contribution in [1.29, 1.82) is 0 Å². The van der Waals surface area contributed by atoms with Gasteiger partial charge in [-0.25, -0.2) is 9.18 Å². The molecule has 4 rings (SSSR count). The van der Waals surface area contributed by atoms with Crippen LogP contribution in [0.3, 0.4) is 0 Å². The number of ether oxygens (including phenoxy) is 1. The third-order valence-electron chi connectivity index (χ3n) is 7.25. The van der Waals surface area contributed by atoms with Crippen LogP contribution in [-0.2, 0) is 10.2 Å². The summed E-state index contributed by atoms with van der Waals surface area (Å²) < 4.78 is 20.0. The van der Waals surface area contributed by atoms with Crippen LogP contribution in [0.25, 0.3) is 0 Å². The van der Waals surface area contributed by atoms with Gasteiger partial charge in [0.25, 0.3) is 0 Å². The highest BCUT2D eigenvalue weighted by Crippen LogP contribution is 2.51. The van der Waals surface area contributed by atoms with Crippen molar-refractivity contribution in [2.45, 2.75) is 50.0 Å². The molecule has 3 fully saturated rings. The number of amides is 1. The summed E-state index contributed by atoms with van der Waals surface area (Å²) in [5.74, 6) is 0.411. The zero-order chi connectivity index (χ0) is 19.6. The lowest BCUT2D eigenvalue weighted by Gasteiger charge is -2.52. The Kier molecular flexibility index (Phi) is 5.88. The molecule has 6 heteroatoms. The van der Waals surface area contributed by atoms with Gasteiger partial charge in [0.15, 0.2) is 0 Å². The Balaban J connectivity index is 1.79. The Morgan fingerprint density at radius 2 is 2.00 bits per heavy atom. The molecule has 3 aliphatic rings. The summed E-state index contributed by atoms with van der Waals surface area (Å²) in [6.45, 7) is 5.06. The molecule has 0 unspecified atom stereocenters. The third-order valence-corrected chi connectivity index (χ3v) is 7.25. The van der Waals surface area contributed by atoms with Crippen molar-refractivity contribution in [3.8, 4) is 0 Å². The number of hydrogen-bond acceptors (Lipinski definition) is 4. The average molecular weight is 390 g/mol. The minimum atomic E-state index is -0.695. The summed E-state index contributed by atoms with van der Waals surface area (Å²) in [6, 6.07) is 7.16. The number of carbonyl (C=O) groups is 1. The summed E-state index contributed by atoms with van der Waals surface area (Å²) in [6.07, 6.45) is 5.31. The smallest absolute Gasteiger partial charge is 0.404 e. The van der Waals surface area contributed by atoms with Gasteiger partial charge in [-0.05, 0) is 88.3 Å². The van der Waals surface area contributed by atoms with Crippen LogP contribution < -0.4 is 11.1 Å². The standard InChI is InChI=1S/C22H32FN3O2/c23-18-5-1-4-17(14-18)22(15-26-12-3-13-26,16-8-10-25-11-9-16)19-6-2-7-20(19)28-21(24)27/h1,4-5,14,16,19-20,25H,2-3,6-13,15H2,(H2,24,27)/t19-,20-,22-/m0/s1. The molecular weight excluding hydrogens is 357 g/mol. The fourth-order valence-corrected chi connectivity index (χ4v) is 5.92. The van der Waals surface area contributed by atoms with Crippen LogP contribution in [0, 0.1) is 17.7 Å². The van der Waals surface area contributed by atoms with Crippen LogP contribution in [-0.4, -0.2) is 49.8 Å². The number of piperidine rings is 1.